The minimum atomic E-state index is -0.452. The van der Waals surface area contributed by atoms with Gasteiger partial charge in [-0.3, -0.25) is 9.59 Å². The second-order valence-electron chi connectivity index (χ2n) is 8.63. The molecule has 4 nitrogen and oxygen atoms in total. The van der Waals surface area contributed by atoms with Gasteiger partial charge in [0.25, 0.3) is 0 Å². The van der Waals surface area contributed by atoms with Crippen molar-refractivity contribution in [3.63, 3.8) is 0 Å². The van der Waals surface area contributed by atoms with Crippen LogP contribution in [-0.4, -0.2) is 41.1 Å². The predicted molar refractivity (Wildman–Crippen MR) is 134 cm³/mol. The minimum absolute atomic E-state index is 0.0183. The molecule has 2 aromatic rings. The first-order valence-electron chi connectivity index (χ1n) is 11.9. The summed E-state index contributed by atoms with van der Waals surface area (Å²) in [6.07, 6.45) is 6.91. The number of amides is 2. The van der Waals surface area contributed by atoms with Crippen LogP contribution in [0.2, 0.25) is 0 Å². The fourth-order valence-electron chi connectivity index (χ4n) is 4.21. The summed E-state index contributed by atoms with van der Waals surface area (Å²) in [5.41, 5.74) is 2.45. The topological polar surface area (TPSA) is 49.4 Å². The van der Waals surface area contributed by atoms with Crippen molar-refractivity contribution in [3.05, 3.63) is 71.8 Å². The van der Waals surface area contributed by atoms with Crippen molar-refractivity contribution in [2.24, 2.45) is 0 Å². The van der Waals surface area contributed by atoms with E-state index in [4.69, 9.17) is 0 Å². The van der Waals surface area contributed by atoms with E-state index in [9.17, 15) is 9.59 Å². The third-order valence-corrected chi connectivity index (χ3v) is 7.21. The van der Waals surface area contributed by atoms with Crippen LogP contribution in [0.15, 0.2) is 60.7 Å². The molecule has 2 amide bonds. The van der Waals surface area contributed by atoms with Crippen molar-refractivity contribution < 1.29 is 9.59 Å². The summed E-state index contributed by atoms with van der Waals surface area (Å²) < 4.78 is 0. The number of thioether (sulfide) groups is 1. The van der Waals surface area contributed by atoms with Crippen LogP contribution in [0.1, 0.15) is 56.6 Å². The van der Waals surface area contributed by atoms with Gasteiger partial charge in [-0.05, 0) is 37.3 Å². The van der Waals surface area contributed by atoms with Gasteiger partial charge in [0.1, 0.15) is 6.04 Å². The Kier molecular flexibility index (Phi) is 10.1. The Morgan fingerprint density at radius 1 is 0.969 bits per heavy atom. The van der Waals surface area contributed by atoms with Crippen molar-refractivity contribution >= 4 is 23.6 Å². The van der Waals surface area contributed by atoms with E-state index < -0.39 is 6.04 Å². The molecule has 0 aromatic heterocycles. The van der Waals surface area contributed by atoms with E-state index in [2.05, 4.69) is 29.6 Å². The minimum Gasteiger partial charge on any atom is -0.352 e. The summed E-state index contributed by atoms with van der Waals surface area (Å²) in [5, 5.41) is 3.20. The summed E-state index contributed by atoms with van der Waals surface area (Å²) in [4.78, 5) is 27.9. The van der Waals surface area contributed by atoms with Gasteiger partial charge in [0.15, 0.2) is 0 Å². The Bertz CT molecular complexity index is 822. The highest BCUT2D eigenvalue weighted by molar-refractivity contribution is 7.98. The van der Waals surface area contributed by atoms with Gasteiger partial charge in [-0.25, -0.2) is 0 Å². The number of carbonyl (C=O) groups excluding carboxylic acids is 2. The maximum Gasteiger partial charge on any atom is 0.242 e. The molecule has 172 valence electrons. The van der Waals surface area contributed by atoms with Gasteiger partial charge < -0.3 is 10.2 Å². The predicted octanol–water partition coefficient (Wildman–Crippen LogP) is 5.22. The number of hydrogen-bond acceptors (Lipinski definition) is 3. The highest BCUT2D eigenvalue weighted by atomic mass is 32.2. The van der Waals surface area contributed by atoms with Gasteiger partial charge in [-0.15, -0.1) is 0 Å². The van der Waals surface area contributed by atoms with Crippen LogP contribution in [-0.2, 0) is 21.8 Å². The van der Waals surface area contributed by atoms with Crippen LogP contribution in [0.4, 0.5) is 0 Å². The molecule has 2 aromatic carbocycles. The Morgan fingerprint density at radius 3 is 2.25 bits per heavy atom. The lowest BCUT2D eigenvalue weighted by Crippen LogP contribution is -2.51. The molecule has 0 saturated heterocycles. The molecule has 0 heterocycles. The molecule has 0 aliphatic heterocycles. The van der Waals surface area contributed by atoms with Crippen molar-refractivity contribution in [3.8, 4) is 0 Å². The van der Waals surface area contributed by atoms with Crippen LogP contribution in [0.3, 0.4) is 0 Å². The lowest BCUT2D eigenvalue weighted by molar-refractivity contribution is -0.140. The van der Waals surface area contributed by atoms with Crippen molar-refractivity contribution in [1.82, 2.24) is 10.2 Å². The fraction of sp³-hybridized carbons (Fsp3) is 0.481. The second kappa shape index (κ2) is 13.3. The van der Waals surface area contributed by atoms with Crippen LogP contribution >= 0.6 is 11.8 Å². The first-order valence-corrected chi connectivity index (χ1v) is 13.0. The Balaban J connectivity index is 1.55. The summed E-state index contributed by atoms with van der Waals surface area (Å²) in [6.45, 7) is 2.43. The zero-order chi connectivity index (χ0) is 22.6. The maximum absolute atomic E-state index is 13.1. The quantitative estimate of drug-likeness (QED) is 0.476. The van der Waals surface area contributed by atoms with E-state index in [0.29, 0.717) is 13.0 Å². The van der Waals surface area contributed by atoms with Crippen molar-refractivity contribution in [2.75, 3.05) is 12.3 Å². The van der Waals surface area contributed by atoms with Crippen LogP contribution < -0.4 is 5.32 Å². The molecule has 0 radical (unpaired) electrons. The normalized spacial score (nSPS) is 15.2. The lowest BCUT2D eigenvalue weighted by Gasteiger charge is -2.31. The largest absolute Gasteiger partial charge is 0.352 e. The first kappa shape index (κ1) is 24.4. The summed E-state index contributed by atoms with van der Waals surface area (Å²) in [5.74, 6) is 1.70. The molecule has 32 heavy (non-hydrogen) atoms. The number of rotatable bonds is 11. The van der Waals surface area contributed by atoms with Gasteiger partial charge in [0.2, 0.25) is 11.8 Å². The van der Waals surface area contributed by atoms with Crippen LogP contribution in [0.5, 0.6) is 0 Å². The molecular weight excluding hydrogens is 416 g/mol. The van der Waals surface area contributed by atoms with Gasteiger partial charge in [-0.2, -0.15) is 11.8 Å². The zero-order valence-electron chi connectivity index (χ0n) is 19.2. The molecular formula is C27H36N2O2S. The lowest BCUT2D eigenvalue weighted by atomic mass is 9.95. The number of benzene rings is 2. The SMILES string of the molecule is C[C@@H](C(=O)NC1CCCCC1)N(CCc1ccccc1)C(=O)CCSCc1ccccc1. The fourth-order valence-corrected chi connectivity index (χ4v) is 5.10. The monoisotopic (exact) mass is 452 g/mol. The van der Waals surface area contributed by atoms with E-state index in [1.807, 2.05) is 43.3 Å². The molecule has 5 heteroatoms. The average molecular weight is 453 g/mol. The molecule has 1 saturated carbocycles. The summed E-state index contributed by atoms with van der Waals surface area (Å²) >= 11 is 1.77. The standard InChI is InChI=1S/C27H36N2O2S/c1-22(27(31)28-25-15-9-4-10-16-25)29(19-17-23-11-5-2-6-12-23)26(30)18-20-32-21-24-13-7-3-8-14-24/h2-3,5-8,11-14,22,25H,4,9-10,15-21H2,1H3,(H,28,31)/t22-/m0/s1. The third kappa shape index (κ3) is 8.01. The van der Waals surface area contributed by atoms with Crippen molar-refractivity contribution in [2.45, 2.75) is 69.7 Å². The molecule has 0 unspecified atom stereocenters. The van der Waals surface area contributed by atoms with Crippen LogP contribution in [0.25, 0.3) is 0 Å². The first-order chi connectivity index (χ1) is 15.6. The van der Waals surface area contributed by atoms with E-state index in [0.717, 1.165) is 30.8 Å². The number of carbonyl (C=O) groups is 2. The highest BCUT2D eigenvalue weighted by Crippen LogP contribution is 2.18. The van der Waals surface area contributed by atoms with Crippen molar-refractivity contribution in [1.29, 1.82) is 0 Å². The number of nitrogens with zero attached hydrogens (tertiary/aromatic N) is 1. The van der Waals surface area contributed by atoms with Gasteiger partial charge in [0.05, 0.1) is 0 Å². The molecule has 1 N–H and O–H groups in total. The second-order valence-corrected chi connectivity index (χ2v) is 9.74. The molecule has 1 atom stereocenters. The molecule has 0 bridgehead atoms. The average Bonchev–Trinajstić information content (AvgIpc) is 2.84. The van der Waals surface area contributed by atoms with E-state index >= 15 is 0 Å². The zero-order valence-corrected chi connectivity index (χ0v) is 20.0. The van der Waals surface area contributed by atoms with Gasteiger partial charge in [-0.1, -0.05) is 79.9 Å². The molecule has 0 spiro atoms. The summed E-state index contributed by atoms with van der Waals surface area (Å²) in [6, 6.07) is 20.3. The third-order valence-electron chi connectivity index (χ3n) is 6.17. The smallest absolute Gasteiger partial charge is 0.242 e. The number of nitrogens with one attached hydrogen (secondary N) is 1. The van der Waals surface area contributed by atoms with E-state index in [1.165, 1.54) is 30.4 Å². The van der Waals surface area contributed by atoms with Crippen LogP contribution in [0, 0.1) is 0 Å². The van der Waals surface area contributed by atoms with E-state index in [1.54, 1.807) is 16.7 Å². The molecule has 3 rings (SSSR count). The number of hydrogen-bond donors (Lipinski definition) is 1. The molecule has 1 fully saturated rings. The van der Waals surface area contributed by atoms with Gasteiger partial charge in [0, 0.05) is 30.5 Å². The highest BCUT2D eigenvalue weighted by Gasteiger charge is 2.27. The Morgan fingerprint density at radius 2 is 1.59 bits per heavy atom. The molecule has 1 aliphatic rings. The maximum atomic E-state index is 13.1. The molecule has 1 aliphatic carbocycles. The van der Waals surface area contributed by atoms with E-state index in [-0.39, 0.29) is 17.9 Å². The Labute approximate surface area is 197 Å². The Hall–Kier alpha value is -2.27. The summed E-state index contributed by atoms with van der Waals surface area (Å²) in [7, 11) is 0. The van der Waals surface area contributed by atoms with Gasteiger partial charge >= 0.3 is 0 Å².